The van der Waals surface area contributed by atoms with Crippen molar-refractivity contribution >= 4 is 37.6 Å². The number of carbonyl (C=O) groups is 1. The summed E-state index contributed by atoms with van der Waals surface area (Å²) < 4.78 is 24.6. The second-order valence-electron chi connectivity index (χ2n) is 5.36. The van der Waals surface area contributed by atoms with Crippen LogP contribution in [0.4, 0.5) is 0 Å². The lowest BCUT2D eigenvalue weighted by atomic mass is 10.0. The van der Waals surface area contributed by atoms with Crippen LogP contribution in [0, 0.1) is 0 Å². The number of unbranched alkanes of at least 4 members (excludes halogenated alkanes) is 3. The number of nitrogens with two attached hydrogens (primary N) is 2. The van der Waals surface area contributed by atoms with Gasteiger partial charge in [0, 0.05) is 10.7 Å². The minimum absolute atomic E-state index is 0.121. The summed E-state index contributed by atoms with van der Waals surface area (Å²) in [7, 11) is -3.46. The van der Waals surface area contributed by atoms with Gasteiger partial charge in [-0.15, -0.1) is 0 Å². The largest absolute Gasteiger partial charge is 0.370 e. The van der Waals surface area contributed by atoms with Crippen molar-refractivity contribution in [2.75, 3.05) is 6.26 Å². The van der Waals surface area contributed by atoms with Crippen molar-refractivity contribution in [3.63, 3.8) is 0 Å². The van der Waals surface area contributed by atoms with Gasteiger partial charge in [-0.05, 0) is 46.5 Å². The maximum Gasteiger partial charge on any atom is 0.281 e. The molecule has 0 bridgehead atoms. The molecular formula is C15H22BrN3O3S. The molecule has 0 aliphatic carbocycles. The average Bonchev–Trinajstić information content (AvgIpc) is 2.41. The van der Waals surface area contributed by atoms with E-state index in [9.17, 15) is 13.2 Å². The van der Waals surface area contributed by atoms with Gasteiger partial charge in [0.2, 0.25) is 0 Å². The van der Waals surface area contributed by atoms with E-state index in [1.807, 2.05) is 0 Å². The first kappa shape index (κ1) is 19.6. The Morgan fingerprint density at radius 2 is 1.87 bits per heavy atom. The molecule has 0 aliphatic rings. The molecule has 0 radical (unpaired) electrons. The Morgan fingerprint density at radius 3 is 2.39 bits per heavy atom. The van der Waals surface area contributed by atoms with Gasteiger partial charge in [-0.25, -0.2) is 8.42 Å². The SMILES string of the molecule is CCCCCCc1cc(Br)c(C(=O)N=C(N)N)cc1S(C)(=O)=O. The summed E-state index contributed by atoms with van der Waals surface area (Å²) in [6, 6.07) is 3.00. The second-order valence-corrected chi connectivity index (χ2v) is 8.20. The fraction of sp³-hybridized carbons (Fsp3) is 0.467. The summed E-state index contributed by atoms with van der Waals surface area (Å²) in [6.07, 6.45) is 5.90. The molecule has 128 valence electrons. The Bertz CT molecular complexity index is 711. The molecule has 1 amide bonds. The lowest BCUT2D eigenvalue weighted by Crippen LogP contribution is -2.24. The quantitative estimate of drug-likeness (QED) is 0.411. The van der Waals surface area contributed by atoms with Gasteiger partial charge in [-0.1, -0.05) is 26.2 Å². The number of amides is 1. The Morgan fingerprint density at radius 1 is 1.22 bits per heavy atom. The molecule has 0 aliphatic heterocycles. The maximum absolute atomic E-state index is 12.0. The molecule has 23 heavy (non-hydrogen) atoms. The molecule has 6 nitrogen and oxygen atoms in total. The molecule has 1 rings (SSSR count). The molecular weight excluding hydrogens is 382 g/mol. The topological polar surface area (TPSA) is 116 Å². The molecule has 1 aromatic rings. The first-order chi connectivity index (χ1) is 10.7. The van der Waals surface area contributed by atoms with E-state index >= 15 is 0 Å². The smallest absolute Gasteiger partial charge is 0.281 e. The van der Waals surface area contributed by atoms with Crippen LogP contribution in [-0.4, -0.2) is 26.5 Å². The first-order valence-corrected chi connectivity index (χ1v) is 10.0. The number of halogens is 1. The Balaban J connectivity index is 3.25. The van der Waals surface area contributed by atoms with Crippen LogP contribution in [0.1, 0.15) is 48.5 Å². The van der Waals surface area contributed by atoms with E-state index in [1.54, 1.807) is 6.07 Å². The predicted molar refractivity (Wildman–Crippen MR) is 95.2 cm³/mol. The van der Waals surface area contributed by atoms with Gasteiger partial charge in [0.15, 0.2) is 15.8 Å². The number of rotatable bonds is 7. The Kier molecular flexibility index (Phi) is 7.21. The molecule has 0 heterocycles. The van der Waals surface area contributed by atoms with Crippen LogP contribution in [0.3, 0.4) is 0 Å². The molecule has 0 aromatic heterocycles. The van der Waals surface area contributed by atoms with Gasteiger partial charge in [-0.2, -0.15) is 4.99 Å². The normalized spacial score (nSPS) is 11.3. The van der Waals surface area contributed by atoms with Crippen LogP contribution < -0.4 is 11.5 Å². The number of hydrogen-bond donors (Lipinski definition) is 2. The van der Waals surface area contributed by atoms with E-state index in [-0.39, 0.29) is 16.4 Å². The first-order valence-electron chi connectivity index (χ1n) is 7.33. The monoisotopic (exact) mass is 403 g/mol. The maximum atomic E-state index is 12.0. The van der Waals surface area contributed by atoms with Crippen LogP contribution in [0.25, 0.3) is 0 Å². The van der Waals surface area contributed by atoms with Crippen molar-refractivity contribution < 1.29 is 13.2 Å². The Hall–Kier alpha value is -1.41. The zero-order chi connectivity index (χ0) is 17.6. The standard InChI is InChI=1S/C15H22BrN3O3S/c1-3-4-5-6-7-10-8-12(16)11(14(20)19-15(17)18)9-13(10)23(2,21)22/h8-9H,3-7H2,1-2H3,(H4,17,18,19,20). The number of aryl methyl sites for hydroxylation is 1. The third kappa shape index (κ3) is 5.95. The van der Waals surface area contributed by atoms with E-state index in [1.165, 1.54) is 6.07 Å². The molecule has 0 atom stereocenters. The summed E-state index contributed by atoms with van der Waals surface area (Å²) in [5.41, 5.74) is 11.2. The third-order valence-electron chi connectivity index (χ3n) is 3.31. The lowest BCUT2D eigenvalue weighted by molar-refractivity contribution is 0.100. The van der Waals surface area contributed by atoms with Crippen LogP contribution in [0.2, 0.25) is 0 Å². The fourth-order valence-electron chi connectivity index (χ4n) is 2.22. The van der Waals surface area contributed by atoms with Crippen LogP contribution >= 0.6 is 15.9 Å². The molecule has 0 spiro atoms. The summed E-state index contributed by atoms with van der Waals surface area (Å²) in [6.45, 7) is 2.11. The highest BCUT2D eigenvalue weighted by atomic mass is 79.9. The highest BCUT2D eigenvalue weighted by molar-refractivity contribution is 9.10. The second kappa shape index (κ2) is 8.44. The number of sulfone groups is 1. The average molecular weight is 404 g/mol. The van der Waals surface area contributed by atoms with E-state index in [0.717, 1.165) is 31.9 Å². The van der Waals surface area contributed by atoms with E-state index in [4.69, 9.17) is 11.5 Å². The van der Waals surface area contributed by atoms with E-state index < -0.39 is 15.7 Å². The molecule has 0 saturated heterocycles. The number of hydrogen-bond acceptors (Lipinski definition) is 3. The molecule has 0 unspecified atom stereocenters. The lowest BCUT2D eigenvalue weighted by Gasteiger charge is -2.11. The van der Waals surface area contributed by atoms with Gasteiger partial charge < -0.3 is 11.5 Å². The van der Waals surface area contributed by atoms with Gasteiger partial charge >= 0.3 is 0 Å². The van der Waals surface area contributed by atoms with Crippen LogP contribution in [0.15, 0.2) is 26.5 Å². The number of nitrogens with zero attached hydrogens (tertiary/aromatic N) is 1. The van der Waals surface area contributed by atoms with Gasteiger partial charge in [-0.3, -0.25) is 4.79 Å². The zero-order valence-electron chi connectivity index (χ0n) is 13.3. The van der Waals surface area contributed by atoms with Crippen molar-refractivity contribution in [2.45, 2.75) is 43.9 Å². The Labute approximate surface area is 145 Å². The van der Waals surface area contributed by atoms with Crippen molar-refractivity contribution in [3.8, 4) is 0 Å². The van der Waals surface area contributed by atoms with E-state index in [0.29, 0.717) is 16.5 Å². The highest BCUT2D eigenvalue weighted by Gasteiger charge is 2.19. The fourth-order valence-corrected chi connectivity index (χ4v) is 3.75. The number of guanidine groups is 1. The van der Waals surface area contributed by atoms with Gasteiger partial charge in [0.05, 0.1) is 10.5 Å². The molecule has 1 aromatic carbocycles. The van der Waals surface area contributed by atoms with Crippen molar-refractivity contribution in [1.82, 2.24) is 0 Å². The van der Waals surface area contributed by atoms with Crippen molar-refractivity contribution in [1.29, 1.82) is 0 Å². The van der Waals surface area contributed by atoms with Gasteiger partial charge in [0.1, 0.15) is 0 Å². The molecule has 4 N–H and O–H groups in total. The van der Waals surface area contributed by atoms with Crippen molar-refractivity contribution in [2.24, 2.45) is 16.5 Å². The number of benzene rings is 1. The zero-order valence-corrected chi connectivity index (χ0v) is 15.7. The van der Waals surface area contributed by atoms with E-state index in [2.05, 4.69) is 27.8 Å². The number of carbonyl (C=O) groups excluding carboxylic acids is 1. The summed E-state index contributed by atoms with van der Waals surface area (Å²) >= 11 is 3.29. The minimum Gasteiger partial charge on any atom is -0.370 e. The molecule has 0 saturated carbocycles. The summed E-state index contributed by atoms with van der Waals surface area (Å²) in [4.78, 5) is 15.6. The van der Waals surface area contributed by atoms with Crippen molar-refractivity contribution in [3.05, 3.63) is 27.7 Å². The number of aliphatic imine (C=N–C) groups is 1. The van der Waals surface area contributed by atoms with Crippen LogP contribution in [0.5, 0.6) is 0 Å². The minimum atomic E-state index is -3.46. The molecule has 8 heteroatoms. The molecule has 0 fully saturated rings. The predicted octanol–water partition coefficient (Wildman–Crippen LogP) is 2.39. The highest BCUT2D eigenvalue weighted by Crippen LogP contribution is 2.27. The third-order valence-corrected chi connectivity index (χ3v) is 5.15. The summed E-state index contributed by atoms with van der Waals surface area (Å²) in [5, 5.41) is 0. The van der Waals surface area contributed by atoms with Gasteiger partial charge in [0.25, 0.3) is 5.91 Å². The van der Waals surface area contributed by atoms with Crippen LogP contribution in [-0.2, 0) is 16.3 Å². The summed E-state index contributed by atoms with van der Waals surface area (Å²) in [5.74, 6) is -1.05.